The van der Waals surface area contributed by atoms with Crippen molar-refractivity contribution in [3.63, 3.8) is 0 Å². The zero-order valence-corrected chi connectivity index (χ0v) is 10.5. The molecule has 1 rings (SSSR count). The minimum Gasteiger partial charge on any atom is -0.469 e. The Kier molecular flexibility index (Phi) is 5.64. The number of rotatable bonds is 5. The summed E-state index contributed by atoms with van der Waals surface area (Å²) in [5.41, 5.74) is 1.34. The van der Waals surface area contributed by atoms with Gasteiger partial charge in [0.15, 0.2) is 0 Å². The van der Waals surface area contributed by atoms with Crippen molar-refractivity contribution in [3.8, 4) is 0 Å². The van der Waals surface area contributed by atoms with Crippen LogP contribution in [0, 0.1) is 0 Å². The summed E-state index contributed by atoms with van der Waals surface area (Å²) in [4.78, 5) is 22.7. The molecule has 0 radical (unpaired) electrons. The number of ether oxygens (including phenoxy) is 2. The fourth-order valence-corrected chi connectivity index (χ4v) is 1.45. The van der Waals surface area contributed by atoms with Crippen molar-refractivity contribution in [1.82, 2.24) is 0 Å². The highest BCUT2D eigenvalue weighted by Crippen LogP contribution is 2.13. The summed E-state index contributed by atoms with van der Waals surface area (Å²) in [6.07, 6.45) is 2.17. The summed E-state index contributed by atoms with van der Waals surface area (Å²) in [7, 11) is 2.64. The zero-order valence-electron chi connectivity index (χ0n) is 10.5. The topological polar surface area (TPSA) is 52.6 Å². The third-order valence-electron chi connectivity index (χ3n) is 2.41. The van der Waals surface area contributed by atoms with E-state index in [0.29, 0.717) is 12.0 Å². The molecule has 0 N–H and O–H groups in total. The minimum absolute atomic E-state index is 0.157. The largest absolute Gasteiger partial charge is 0.469 e. The summed E-state index contributed by atoms with van der Waals surface area (Å²) in [6, 6.07) is 9.40. The lowest BCUT2D eigenvalue weighted by atomic mass is 10.1. The van der Waals surface area contributed by atoms with Crippen molar-refractivity contribution in [2.24, 2.45) is 0 Å². The number of benzene rings is 1. The van der Waals surface area contributed by atoms with E-state index in [-0.39, 0.29) is 12.4 Å². The normalized spacial score (nSPS) is 10.9. The third kappa shape index (κ3) is 4.41. The van der Waals surface area contributed by atoms with Gasteiger partial charge in [-0.1, -0.05) is 30.3 Å². The van der Waals surface area contributed by atoms with Crippen LogP contribution in [0.3, 0.4) is 0 Å². The molecule has 0 aromatic heterocycles. The van der Waals surface area contributed by atoms with E-state index in [1.807, 2.05) is 30.3 Å². The van der Waals surface area contributed by atoms with Crippen LogP contribution in [0.1, 0.15) is 18.4 Å². The number of carbonyl (C=O) groups excluding carboxylic acids is 2. The fraction of sp³-hybridized carbons (Fsp3) is 0.286. The predicted molar refractivity (Wildman–Crippen MR) is 67.7 cm³/mol. The van der Waals surface area contributed by atoms with Crippen molar-refractivity contribution >= 4 is 18.0 Å². The van der Waals surface area contributed by atoms with Gasteiger partial charge in [-0.25, -0.2) is 4.79 Å². The molecular formula is C14H16O4. The number of hydrogen-bond donors (Lipinski definition) is 0. The van der Waals surface area contributed by atoms with E-state index in [1.54, 1.807) is 6.08 Å². The van der Waals surface area contributed by atoms with Gasteiger partial charge in [0.05, 0.1) is 14.2 Å². The molecule has 0 unspecified atom stereocenters. The monoisotopic (exact) mass is 248 g/mol. The van der Waals surface area contributed by atoms with Crippen LogP contribution < -0.4 is 0 Å². The van der Waals surface area contributed by atoms with Crippen LogP contribution in [-0.4, -0.2) is 26.2 Å². The van der Waals surface area contributed by atoms with Crippen LogP contribution in [0.15, 0.2) is 35.9 Å². The molecule has 18 heavy (non-hydrogen) atoms. The second-order valence-corrected chi connectivity index (χ2v) is 3.65. The summed E-state index contributed by atoms with van der Waals surface area (Å²) in [6.45, 7) is 0. The van der Waals surface area contributed by atoms with Crippen LogP contribution in [0.4, 0.5) is 0 Å². The van der Waals surface area contributed by atoms with Crippen molar-refractivity contribution in [1.29, 1.82) is 0 Å². The van der Waals surface area contributed by atoms with Crippen LogP contribution in [0.2, 0.25) is 0 Å². The molecule has 0 heterocycles. The first-order valence-corrected chi connectivity index (χ1v) is 5.58. The Morgan fingerprint density at radius 3 is 2.28 bits per heavy atom. The average Bonchev–Trinajstić information content (AvgIpc) is 2.43. The third-order valence-corrected chi connectivity index (χ3v) is 2.41. The van der Waals surface area contributed by atoms with Gasteiger partial charge in [-0.15, -0.1) is 0 Å². The molecule has 4 nitrogen and oxygen atoms in total. The van der Waals surface area contributed by atoms with Gasteiger partial charge in [-0.3, -0.25) is 4.79 Å². The molecule has 0 saturated carbocycles. The Hall–Kier alpha value is -2.10. The maximum Gasteiger partial charge on any atom is 0.333 e. The summed E-state index contributed by atoms with van der Waals surface area (Å²) < 4.78 is 9.24. The maximum atomic E-state index is 11.6. The Labute approximate surface area is 106 Å². The van der Waals surface area contributed by atoms with E-state index in [2.05, 4.69) is 4.74 Å². The van der Waals surface area contributed by atoms with Gasteiger partial charge in [-0.2, -0.15) is 0 Å². The molecule has 0 aliphatic rings. The van der Waals surface area contributed by atoms with Gasteiger partial charge in [-0.05, 0) is 18.1 Å². The first-order valence-electron chi connectivity index (χ1n) is 5.58. The Bertz CT molecular complexity index is 434. The molecule has 0 saturated heterocycles. The molecule has 0 amide bonds. The minimum atomic E-state index is -0.428. The lowest BCUT2D eigenvalue weighted by Gasteiger charge is -2.05. The molecule has 0 atom stereocenters. The quantitative estimate of drug-likeness (QED) is 0.592. The van der Waals surface area contributed by atoms with Gasteiger partial charge in [0, 0.05) is 12.0 Å². The summed E-state index contributed by atoms with van der Waals surface area (Å²) in [5.74, 6) is -0.777. The zero-order chi connectivity index (χ0) is 13.4. The molecule has 96 valence electrons. The average molecular weight is 248 g/mol. The number of methoxy groups -OCH3 is 2. The van der Waals surface area contributed by atoms with Crippen LogP contribution in [0.5, 0.6) is 0 Å². The Balaban J connectivity index is 2.82. The highest BCUT2D eigenvalue weighted by molar-refractivity contribution is 5.94. The molecule has 0 spiro atoms. The Morgan fingerprint density at radius 1 is 1.06 bits per heavy atom. The van der Waals surface area contributed by atoms with E-state index >= 15 is 0 Å². The summed E-state index contributed by atoms with van der Waals surface area (Å²) in [5, 5.41) is 0. The van der Waals surface area contributed by atoms with Gasteiger partial charge in [0.2, 0.25) is 0 Å². The van der Waals surface area contributed by atoms with E-state index in [0.717, 1.165) is 5.56 Å². The number of esters is 2. The molecular weight excluding hydrogens is 232 g/mol. The molecule has 0 aliphatic heterocycles. The molecule has 4 heteroatoms. The molecule has 1 aromatic carbocycles. The highest BCUT2D eigenvalue weighted by Gasteiger charge is 2.12. The molecule has 1 aromatic rings. The van der Waals surface area contributed by atoms with Gasteiger partial charge < -0.3 is 9.47 Å². The lowest BCUT2D eigenvalue weighted by molar-refractivity contribution is -0.140. The van der Waals surface area contributed by atoms with E-state index in [4.69, 9.17) is 4.74 Å². The van der Waals surface area contributed by atoms with E-state index in [1.165, 1.54) is 14.2 Å². The second kappa shape index (κ2) is 7.27. The first-order chi connectivity index (χ1) is 8.67. The maximum absolute atomic E-state index is 11.6. The number of hydrogen-bond acceptors (Lipinski definition) is 4. The standard InChI is InChI=1S/C14H16O4/c1-17-13(15)9-8-12(14(16)18-2)10-11-6-4-3-5-7-11/h3-7,10H,8-9H2,1-2H3/b12-10-. The SMILES string of the molecule is COC(=O)CC/C(=C/c1ccccc1)C(=O)OC. The van der Waals surface area contributed by atoms with Crippen molar-refractivity contribution in [3.05, 3.63) is 41.5 Å². The fourth-order valence-electron chi connectivity index (χ4n) is 1.45. The van der Waals surface area contributed by atoms with Gasteiger partial charge >= 0.3 is 11.9 Å². The summed E-state index contributed by atoms with van der Waals surface area (Å²) >= 11 is 0. The number of carbonyl (C=O) groups is 2. The van der Waals surface area contributed by atoms with Crippen molar-refractivity contribution < 1.29 is 19.1 Å². The molecule has 0 fully saturated rings. The second-order valence-electron chi connectivity index (χ2n) is 3.65. The highest BCUT2D eigenvalue weighted by atomic mass is 16.5. The van der Waals surface area contributed by atoms with Gasteiger partial charge in [0.1, 0.15) is 0 Å². The van der Waals surface area contributed by atoms with Crippen LogP contribution in [-0.2, 0) is 19.1 Å². The predicted octanol–water partition coefficient (Wildman–Crippen LogP) is 2.20. The first kappa shape index (κ1) is 14.0. The van der Waals surface area contributed by atoms with E-state index < -0.39 is 5.97 Å². The van der Waals surface area contributed by atoms with Gasteiger partial charge in [0.25, 0.3) is 0 Å². The van der Waals surface area contributed by atoms with Crippen molar-refractivity contribution in [2.75, 3.05) is 14.2 Å². The van der Waals surface area contributed by atoms with Crippen LogP contribution >= 0.6 is 0 Å². The smallest absolute Gasteiger partial charge is 0.333 e. The molecule has 0 bridgehead atoms. The lowest BCUT2D eigenvalue weighted by Crippen LogP contribution is -2.08. The Morgan fingerprint density at radius 2 is 1.72 bits per heavy atom. The van der Waals surface area contributed by atoms with Crippen LogP contribution in [0.25, 0.3) is 6.08 Å². The van der Waals surface area contributed by atoms with Crippen molar-refractivity contribution in [2.45, 2.75) is 12.8 Å². The molecule has 0 aliphatic carbocycles. The van der Waals surface area contributed by atoms with E-state index in [9.17, 15) is 9.59 Å².